The van der Waals surface area contributed by atoms with Crippen LogP contribution in [0.1, 0.15) is 27.3 Å². The van der Waals surface area contributed by atoms with Crippen LogP contribution in [0.5, 0.6) is 0 Å². The number of aromatic nitrogens is 4. The molecule has 178 valence electrons. The van der Waals surface area contributed by atoms with E-state index in [9.17, 15) is 9.59 Å². The number of nitrogens with one attached hydrogen (secondary N) is 1. The highest BCUT2D eigenvalue weighted by Crippen LogP contribution is 2.31. The quantitative estimate of drug-likeness (QED) is 0.248. The Morgan fingerprint density at radius 3 is 2.33 bits per heavy atom. The van der Waals surface area contributed by atoms with Gasteiger partial charge in [0, 0.05) is 22.9 Å². The van der Waals surface area contributed by atoms with E-state index in [2.05, 4.69) is 15.0 Å². The maximum atomic E-state index is 13.0. The molecule has 0 amide bonds. The van der Waals surface area contributed by atoms with Gasteiger partial charge in [-0.25, -0.2) is 19.7 Å². The van der Waals surface area contributed by atoms with E-state index in [0.717, 1.165) is 16.7 Å². The van der Waals surface area contributed by atoms with E-state index in [-0.39, 0.29) is 23.5 Å². The van der Waals surface area contributed by atoms with E-state index < -0.39 is 11.4 Å². The molecule has 8 heteroatoms. The van der Waals surface area contributed by atoms with E-state index in [1.807, 2.05) is 74.5 Å². The molecule has 3 heterocycles. The molecular weight excluding hydrogens is 476 g/mol. The molecular formula is C28H21ClN4O3. The van der Waals surface area contributed by atoms with Crippen molar-refractivity contribution in [3.8, 4) is 22.5 Å². The normalized spacial score (nSPS) is 11.0. The van der Waals surface area contributed by atoms with Crippen LogP contribution in [0.3, 0.4) is 0 Å². The molecule has 36 heavy (non-hydrogen) atoms. The third-order valence-corrected chi connectivity index (χ3v) is 5.80. The fraction of sp³-hybridized carbons (Fsp3) is 0.107. The van der Waals surface area contributed by atoms with Crippen LogP contribution in [-0.4, -0.2) is 25.9 Å². The smallest absolute Gasteiger partial charge is 0.355 e. The Morgan fingerprint density at radius 2 is 1.61 bits per heavy atom. The molecule has 0 spiro atoms. The van der Waals surface area contributed by atoms with Gasteiger partial charge in [-0.1, -0.05) is 71.8 Å². The lowest BCUT2D eigenvalue weighted by Crippen LogP contribution is -2.15. The summed E-state index contributed by atoms with van der Waals surface area (Å²) in [5, 5.41) is 0.312. The fourth-order valence-electron chi connectivity index (χ4n) is 3.84. The lowest BCUT2D eigenvalue weighted by Gasteiger charge is -2.12. The average Bonchev–Trinajstić information content (AvgIpc) is 2.87. The summed E-state index contributed by atoms with van der Waals surface area (Å²) in [6.45, 7) is 3.89. The molecule has 2 aromatic carbocycles. The number of hydrogen-bond acceptors (Lipinski definition) is 6. The molecule has 0 radical (unpaired) electrons. The Balaban J connectivity index is 1.59. The standard InChI is InChI=1S/C28H21ClN4O3/c1-16-8-10-18(11-9-16)15-36-28(35)21-14-22(34)26-27(31-21)33-24(19-6-4-3-5-7-19)25(32-26)20-12-17(2)30-23(29)13-20/h3-14H,15H2,1-2H3,(H,31,33,34). The van der Waals surface area contributed by atoms with Crippen LogP contribution in [0.4, 0.5) is 0 Å². The van der Waals surface area contributed by atoms with Crippen molar-refractivity contribution in [1.29, 1.82) is 0 Å². The molecule has 0 saturated carbocycles. The van der Waals surface area contributed by atoms with Crippen LogP contribution < -0.4 is 5.43 Å². The SMILES string of the molecule is Cc1ccc(COC(=O)c2cc(=O)c3nc(-c4cc(C)nc(Cl)c4)c(-c4ccccc4)nc3[nH]2)cc1. The Hall–Kier alpha value is -4.36. The molecule has 5 aromatic rings. The lowest BCUT2D eigenvalue weighted by atomic mass is 10.0. The molecule has 1 N–H and O–H groups in total. The third-order valence-electron chi connectivity index (χ3n) is 5.61. The Kier molecular flexibility index (Phi) is 6.31. The number of ether oxygens (including phenoxy) is 1. The van der Waals surface area contributed by atoms with Gasteiger partial charge in [-0.2, -0.15) is 0 Å². The molecule has 0 saturated heterocycles. The first-order chi connectivity index (χ1) is 17.4. The summed E-state index contributed by atoms with van der Waals surface area (Å²) in [6.07, 6.45) is 0. The molecule has 5 rings (SSSR count). The van der Waals surface area contributed by atoms with Gasteiger partial charge in [0.1, 0.15) is 17.5 Å². The van der Waals surface area contributed by atoms with Crippen LogP contribution in [0.25, 0.3) is 33.7 Å². The van der Waals surface area contributed by atoms with Gasteiger partial charge >= 0.3 is 5.97 Å². The van der Waals surface area contributed by atoms with Crippen LogP contribution in [0.2, 0.25) is 5.15 Å². The summed E-state index contributed by atoms with van der Waals surface area (Å²) < 4.78 is 5.41. The number of carbonyl (C=O) groups is 1. The number of aromatic amines is 1. The van der Waals surface area contributed by atoms with Crippen molar-refractivity contribution in [3.05, 3.63) is 111 Å². The van der Waals surface area contributed by atoms with Crippen molar-refractivity contribution in [2.75, 3.05) is 0 Å². The predicted octanol–water partition coefficient (Wildman–Crippen LogP) is 5.67. The number of pyridine rings is 2. The highest BCUT2D eigenvalue weighted by molar-refractivity contribution is 6.29. The van der Waals surface area contributed by atoms with E-state index >= 15 is 0 Å². The van der Waals surface area contributed by atoms with Gasteiger partial charge in [0.05, 0.1) is 11.4 Å². The Morgan fingerprint density at radius 1 is 0.889 bits per heavy atom. The van der Waals surface area contributed by atoms with Crippen molar-refractivity contribution in [3.63, 3.8) is 0 Å². The highest BCUT2D eigenvalue weighted by Gasteiger charge is 2.18. The minimum atomic E-state index is -0.654. The maximum Gasteiger partial charge on any atom is 0.355 e. The number of rotatable bonds is 5. The maximum absolute atomic E-state index is 13.0. The number of hydrogen-bond donors (Lipinski definition) is 1. The topological polar surface area (TPSA) is 97.8 Å². The van der Waals surface area contributed by atoms with Crippen molar-refractivity contribution in [1.82, 2.24) is 19.9 Å². The molecule has 7 nitrogen and oxygen atoms in total. The minimum absolute atomic E-state index is 0.00322. The number of carbonyl (C=O) groups excluding carboxylic acids is 1. The number of fused-ring (bicyclic) bond motifs is 1. The molecule has 0 unspecified atom stereocenters. The van der Waals surface area contributed by atoms with E-state index in [1.165, 1.54) is 6.07 Å². The van der Waals surface area contributed by atoms with Gasteiger partial charge in [-0.15, -0.1) is 0 Å². The predicted molar refractivity (Wildman–Crippen MR) is 139 cm³/mol. The molecule has 3 aromatic heterocycles. The number of esters is 1. The monoisotopic (exact) mass is 496 g/mol. The zero-order valence-corrected chi connectivity index (χ0v) is 20.3. The highest BCUT2D eigenvalue weighted by atomic mass is 35.5. The summed E-state index contributed by atoms with van der Waals surface area (Å²) in [7, 11) is 0. The van der Waals surface area contributed by atoms with Crippen molar-refractivity contribution in [2.24, 2.45) is 0 Å². The van der Waals surface area contributed by atoms with Crippen molar-refractivity contribution < 1.29 is 9.53 Å². The van der Waals surface area contributed by atoms with Crippen LogP contribution in [0.15, 0.2) is 77.6 Å². The zero-order chi connectivity index (χ0) is 25.2. The average molecular weight is 497 g/mol. The number of H-pyrrole nitrogens is 1. The van der Waals surface area contributed by atoms with Gasteiger partial charge in [0.15, 0.2) is 11.2 Å². The summed E-state index contributed by atoms with van der Waals surface area (Å²) in [5.74, 6) is -0.654. The first kappa shape index (κ1) is 23.4. The second-order valence-corrected chi connectivity index (χ2v) is 8.80. The molecule has 0 aliphatic carbocycles. The van der Waals surface area contributed by atoms with Crippen LogP contribution in [-0.2, 0) is 11.3 Å². The van der Waals surface area contributed by atoms with Crippen molar-refractivity contribution in [2.45, 2.75) is 20.5 Å². The molecule has 0 aliphatic heterocycles. The first-order valence-corrected chi connectivity index (χ1v) is 11.6. The van der Waals surface area contributed by atoms with Crippen LogP contribution >= 0.6 is 11.6 Å². The summed E-state index contributed by atoms with van der Waals surface area (Å²) in [6, 6.07) is 21.8. The van der Waals surface area contributed by atoms with Gasteiger partial charge in [0.2, 0.25) is 5.43 Å². The van der Waals surface area contributed by atoms with Gasteiger partial charge in [-0.05, 0) is 31.5 Å². The van der Waals surface area contributed by atoms with E-state index in [4.69, 9.17) is 21.3 Å². The minimum Gasteiger partial charge on any atom is -0.456 e. The van der Waals surface area contributed by atoms with Gasteiger partial charge in [-0.3, -0.25) is 4.79 Å². The molecule has 0 bridgehead atoms. The fourth-order valence-corrected chi connectivity index (χ4v) is 4.09. The van der Waals surface area contributed by atoms with E-state index in [1.54, 1.807) is 6.07 Å². The molecule has 0 atom stereocenters. The summed E-state index contributed by atoms with van der Waals surface area (Å²) in [4.78, 5) is 42.3. The largest absolute Gasteiger partial charge is 0.456 e. The lowest BCUT2D eigenvalue weighted by molar-refractivity contribution is 0.0466. The summed E-state index contributed by atoms with van der Waals surface area (Å²) in [5.41, 5.74) is 5.00. The Labute approximate surface area is 211 Å². The third kappa shape index (κ3) is 4.87. The van der Waals surface area contributed by atoms with E-state index in [0.29, 0.717) is 27.8 Å². The Bertz CT molecular complexity index is 1630. The second kappa shape index (κ2) is 9.71. The number of aryl methyl sites for hydroxylation is 2. The first-order valence-electron chi connectivity index (χ1n) is 11.2. The number of nitrogens with zero attached hydrogens (tertiary/aromatic N) is 3. The number of halogens is 1. The molecule has 0 aliphatic rings. The van der Waals surface area contributed by atoms with Crippen LogP contribution in [0, 0.1) is 13.8 Å². The zero-order valence-electron chi connectivity index (χ0n) is 19.6. The van der Waals surface area contributed by atoms with Gasteiger partial charge < -0.3 is 9.72 Å². The molecule has 0 fully saturated rings. The van der Waals surface area contributed by atoms with Gasteiger partial charge in [0.25, 0.3) is 0 Å². The van der Waals surface area contributed by atoms with Crippen molar-refractivity contribution >= 4 is 28.7 Å². The summed E-state index contributed by atoms with van der Waals surface area (Å²) >= 11 is 6.21. The second-order valence-electron chi connectivity index (χ2n) is 8.41. The number of benzene rings is 2.